The minimum atomic E-state index is -0.271. The number of hydrogen-bond donors (Lipinski definition) is 1. The van der Waals surface area contributed by atoms with Crippen molar-refractivity contribution in [3.05, 3.63) is 71.0 Å². The SMILES string of the molecule is C[C@H](c1ccc(F)cc1)N(C)C(=O)NCc1ccc(CN2CCCCC2)cc1. The van der Waals surface area contributed by atoms with Crippen LogP contribution in [0, 0.1) is 5.82 Å². The Morgan fingerprint density at radius 3 is 2.29 bits per heavy atom. The van der Waals surface area contributed by atoms with Gasteiger partial charge >= 0.3 is 6.03 Å². The van der Waals surface area contributed by atoms with E-state index in [1.807, 2.05) is 6.92 Å². The summed E-state index contributed by atoms with van der Waals surface area (Å²) in [5.41, 5.74) is 3.30. The summed E-state index contributed by atoms with van der Waals surface area (Å²) < 4.78 is 13.1. The fourth-order valence-electron chi connectivity index (χ4n) is 3.58. The summed E-state index contributed by atoms with van der Waals surface area (Å²) in [5, 5.41) is 2.96. The van der Waals surface area contributed by atoms with Crippen LogP contribution in [-0.2, 0) is 13.1 Å². The Labute approximate surface area is 167 Å². The number of carbonyl (C=O) groups excluding carboxylic acids is 1. The van der Waals surface area contributed by atoms with Crippen LogP contribution in [0.2, 0.25) is 0 Å². The molecule has 0 aliphatic carbocycles. The second kappa shape index (κ2) is 9.69. The third-order valence-electron chi connectivity index (χ3n) is 5.58. The van der Waals surface area contributed by atoms with Gasteiger partial charge in [0.2, 0.25) is 0 Å². The van der Waals surface area contributed by atoms with Crippen molar-refractivity contribution in [2.24, 2.45) is 0 Å². The zero-order chi connectivity index (χ0) is 19.9. The summed E-state index contributed by atoms with van der Waals surface area (Å²) >= 11 is 0. The molecular weight excluding hydrogens is 353 g/mol. The molecule has 1 atom stereocenters. The summed E-state index contributed by atoms with van der Waals surface area (Å²) in [6, 6.07) is 14.5. The monoisotopic (exact) mass is 383 g/mol. The van der Waals surface area contributed by atoms with Crippen molar-refractivity contribution in [1.29, 1.82) is 0 Å². The van der Waals surface area contributed by atoms with E-state index in [4.69, 9.17) is 0 Å². The van der Waals surface area contributed by atoms with Gasteiger partial charge in [-0.15, -0.1) is 0 Å². The van der Waals surface area contributed by atoms with Gasteiger partial charge in [0.05, 0.1) is 6.04 Å². The van der Waals surface area contributed by atoms with Gasteiger partial charge in [0.1, 0.15) is 5.82 Å². The largest absolute Gasteiger partial charge is 0.334 e. The molecule has 0 radical (unpaired) electrons. The molecule has 4 nitrogen and oxygen atoms in total. The van der Waals surface area contributed by atoms with Crippen LogP contribution in [0.15, 0.2) is 48.5 Å². The topological polar surface area (TPSA) is 35.6 Å². The summed E-state index contributed by atoms with van der Waals surface area (Å²) in [7, 11) is 1.76. The summed E-state index contributed by atoms with van der Waals surface area (Å²) in [6.07, 6.45) is 3.95. The smallest absolute Gasteiger partial charge is 0.317 e. The minimum Gasteiger partial charge on any atom is -0.334 e. The van der Waals surface area contributed by atoms with Crippen molar-refractivity contribution in [2.75, 3.05) is 20.1 Å². The predicted octanol–water partition coefficient (Wildman–Crippen LogP) is 4.71. The molecule has 1 heterocycles. The van der Waals surface area contributed by atoms with Crippen LogP contribution in [0.25, 0.3) is 0 Å². The maximum Gasteiger partial charge on any atom is 0.317 e. The van der Waals surface area contributed by atoms with Crippen molar-refractivity contribution in [3.63, 3.8) is 0 Å². The zero-order valence-corrected chi connectivity index (χ0v) is 16.8. The number of piperidine rings is 1. The number of amides is 2. The first-order valence-electron chi connectivity index (χ1n) is 10.1. The van der Waals surface area contributed by atoms with Crippen LogP contribution in [0.4, 0.5) is 9.18 Å². The number of nitrogens with zero attached hydrogens (tertiary/aromatic N) is 2. The Balaban J connectivity index is 1.48. The molecule has 1 aliphatic heterocycles. The number of carbonyl (C=O) groups is 1. The molecule has 1 aliphatic rings. The van der Waals surface area contributed by atoms with Gasteiger partial charge in [-0.05, 0) is 61.7 Å². The maximum absolute atomic E-state index is 13.1. The zero-order valence-electron chi connectivity index (χ0n) is 16.8. The standard InChI is InChI=1S/C23H30FN3O/c1-18(21-10-12-22(24)13-11-21)26(2)23(28)25-16-19-6-8-20(9-7-19)17-27-14-4-3-5-15-27/h6-13,18H,3-5,14-17H2,1-2H3,(H,25,28)/t18-/m1/s1. The fraction of sp³-hybridized carbons (Fsp3) is 0.435. The second-order valence-electron chi connectivity index (χ2n) is 7.65. The number of rotatable bonds is 6. The molecule has 2 aromatic rings. The van der Waals surface area contributed by atoms with Gasteiger partial charge < -0.3 is 10.2 Å². The Morgan fingerprint density at radius 2 is 1.64 bits per heavy atom. The number of likely N-dealkylation sites (tertiary alicyclic amines) is 1. The minimum absolute atomic E-state index is 0.132. The molecule has 1 N–H and O–H groups in total. The number of benzene rings is 2. The average Bonchev–Trinajstić information content (AvgIpc) is 2.73. The first-order valence-corrected chi connectivity index (χ1v) is 10.1. The average molecular weight is 384 g/mol. The molecular formula is C23H30FN3O. The van der Waals surface area contributed by atoms with E-state index in [1.54, 1.807) is 24.1 Å². The van der Waals surface area contributed by atoms with E-state index in [1.165, 1.54) is 50.0 Å². The Kier molecular flexibility index (Phi) is 7.04. The van der Waals surface area contributed by atoms with Gasteiger partial charge in [0.15, 0.2) is 0 Å². The van der Waals surface area contributed by atoms with E-state index in [9.17, 15) is 9.18 Å². The Hall–Kier alpha value is -2.40. The Morgan fingerprint density at radius 1 is 1.04 bits per heavy atom. The highest BCUT2D eigenvalue weighted by atomic mass is 19.1. The first kappa shape index (κ1) is 20.3. The molecule has 0 spiro atoms. The summed E-state index contributed by atoms with van der Waals surface area (Å²) in [4.78, 5) is 16.6. The number of halogens is 1. The molecule has 2 amide bonds. The molecule has 0 aromatic heterocycles. The molecule has 28 heavy (non-hydrogen) atoms. The van der Waals surface area contributed by atoms with Gasteiger partial charge in [-0.3, -0.25) is 4.90 Å². The van der Waals surface area contributed by atoms with Crippen molar-refractivity contribution in [3.8, 4) is 0 Å². The first-order chi connectivity index (χ1) is 13.5. The highest BCUT2D eigenvalue weighted by molar-refractivity contribution is 5.74. The van der Waals surface area contributed by atoms with Crippen LogP contribution in [0.3, 0.4) is 0 Å². The quantitative estimate of drug-likeness (QED) is 0.784. The molecule has 150 valence electrons. The second-order valence-corrected chi connectivity index (χ2v) is 7.65. The molecule has 0 unspecified atom stereocenters. The van der Waals surface area contributed by atoms with E-state index in [0.29, 0.717) is 6.54 Å². The van der Waals surface area contributed by atoms with Gasteiger partial charge in [0, 0.05) is 20.1 Å². The van der Waals surface area contributed by atoms with E-state index in [0.717, 1.165) is 17.7 Å². The van der Waals surface area contributed by atoms with Gasteiger partial charge in [0.25, 0.3) is 0 Å². The maximum atomic E-state index is 13.1. The molecule has 0 saturated carbocycles. The molecule has 1 saturated heterocycles. The van der Waals surface area contributed by atoms with Crippen molar-refractivity contribution < 1.29 is 9.18 Å². The summed E-state index contributed by atoms with van der Waals surface area (Å²) in [6.45, 7) is 5.81. The van der Waals surface area contributed by atoms with Crippen LogP contribution >= 0.6 is 0 Å². The lowest BCUT2D eigenvalue weighted by Gasteiger charge is -2.26. The third-order valence-corrected chi connectivity index (χ3v) is 5.58. The van der Waals surface area contributed by atoms with Crippen molar-refractivity contribution in [2.45, 2.75) is 45.3 Å². The van der Waals surface area contributed by atoms with Gasteiger partial charge in [-0.2, -0.15) is 0 Å². The predicted molar refractivity (Wildman–Crippen MR) is 110 cm³/mol. The summed E-state index contributed by atoms with van der Waals surface area (Å²) in [5.74, 6) is -0.271. The molecule has 5 heteroatoms. The normalized spacial score (nSPS) is 15.8. The Bertz CT molecular complexity index is 754. The number of urea groups is 1. The molecule has 3 rings (SSSR count). The van der Waals surface area contributed by atoms with Crippen LogP contribution in [0.1, 0.15) is 48.9 Å². The molecule has 0 bridgehead atoms. The van der Waals surface area contributed by atoms with E-state index >= 15 is 0 Å². The van der Waals surface area contributed by atoms with Crippen molar-refractivity contribution >= 4 is 6.03 Å². The fourth-order valence-corrected chi connectivity index (χ4v) is 3.58. The highest BCUT2D eigenvalue weighted by Gasteiger charge is 2.17. The number of hydrogen-bond acceptors (Lipinski definition) is 2. The van der Waals surface area contributed by atoms with E-state index < -0.39 is 0 Å². The highest BCUT2D eigenvalue weighted by Crippen LogP contribution is 2.19. The molecule has 1 fully saturated rings. The van der Waals surface area contributed by atoms with Crippen molar-refractivity contribution in [1.82, 2.24) is 15.1 Å². The number of nitrogens with one attached hydrogen (secondary N) is 1. The van der Waals surface area contributed by atoms with Crippen LogP contribution < -0.4 is 5.32 Å². The van der Waals surface area contributed by atoms with Gasteiger partial charge in [-0.25, -0.2) is 9.18 Å². The van der Waals surface area contributed by atoms with Crippen LogP contribution in [0.5, 0.6) is 0 Å². The van der Waals surface area contributed by atoms with Gasteiger partial charge in [-0.1, -0.05) is 42.8 Å². The van der Waals surface area contributed by atoms with E-state index in [2.05, 4.69) is 34.5 Å². The third kappa shape index (κ3) is 5.55. The molecule has 2 aromatic carbocycles. The van der Waals surface area contributed by atoms with E-state index in [-0.39, 0.29) is 17.9 Å². The van der Waals surface area contributed by atoms with Crippen LogP contribution in [-0.4, -0.2) is 36.0 Å². The lowest BCUT2D eigenvalue weighted by molar-refractivity contribution is 0.194. The lowest BCUT2D eigenvalue weighted by Crippen LogP contribution is -2.38. The lowest BCUT2D eigenvalue weighted by atomic mass is 10.1.